The van der Waals surface area contributed by atoms with Crippen LogP contribution >= 0.6 is 0 Å². The van der Waals surface area contributed by atoms with E-state index in [-0.39, 0.29) is 12.8 Å². The maximum absolute atomic E-state index is 12.5. The van der Waals surface area contributed by atoms with Crippen molar-refractivity contribution in [2.24, 2.45) is 17.4 Å². The van der Waals surface area contributed by atoms with Crippen molar-refractivity contribution in [3.05, 3.63) is 0 Å². The lowest BCUT2D eigenvalue weighted by atomic mass is 10.0. The molecule has 30 heavy (non-hydrogen) atoms. The average Bonchev–Trinajstić information content (AvgIpc) is 2.65. The van der Waals surface area contributed by atoms with E-state index in [4.69, 9.17) is 11.5 Å². The highest BCUT2D eigenvalue weighted by molar-refractivity contribution is 5.94. The number of aliphatic hydroxyl groups is 2. The highest BCUT2D eigenvalue weighted by Gasteiger charge is 2.32. The van der Waals surface area contributed by atoms with Crippen LogP contribution in [0.15, 0.2) is 0 Å². The number of aliphatic hydroxyl groups excluding tert-OH is 2. The van der Waals surface area contributed by atoms with Gasteiger partial charge in [-0.2, -0.15) is 0 Å². The van der Waals surface area contributed by atoms with E-state index in [9.17, 15) is 39.3 Å². The average molecular weight is 433 g/mol. The lowest BCUT2D eigenvalue weighted by Crippen LogP contribution is -2.60. The Morgan fingerprint density at radius 3 is 1.83 bits per heavy atom. The topological polar surface area (TPSA) is 234 Å². The van der Waals surface area contributed by atoms with Gasteiger partial charge in [0, 0.05) is 6.42 Å². The Labute approximate surface area is 173 Å². The molecule has 0 heterocycles. The van der Waals surface area contributed by atoms with Crippen molar-refractivity contribution in [2.75, 3.05) is 6.61 Å². The van der Waals surface area contributed by atoms with E-state index >= 15 is 0 Å². The third-order valence-electron chi connectivity index (χ3n) is 4.18. The summed E-state index contributed by atoms with van der Waals surface area (Å²) in [5, 5.41) is 34.6. The van der Waals surface area contributed by atoms with Gasteiger partial charge in [-0.05, 0) is 19.3 Å². The number of nitrogens with one attached hydrogen (secondary N) is 3. The third-order valence-corrected chi connectivity index (χ3v) is 4.18. The minimum atomic E-state index is -1.46. The summed E-state index contributed by atoms with van der Waals surface area (Å²) in [4.78, 5) is 59.0. The maximum Gasteiger partial charge on any atom is 0.326 e. The van der Waals surface area contributed by atoms with E-state index in [0.717, 1.165) is 0 Å². The van der Waals surface area contributed by atoms with Crippen molar-refractivity contribution < 1.29 is 39.3 Å². The first-order chi connectivity index (χ1) is 13.8. The molecule has 0 aromatic heterocycles. The fourth-order valence-corrected chi connectivity index (χ4v) is 2.28. The first-order valence-electron chi connectivity index (χ1n) is 9.28. The minimum absolute atomic E-state index is 0.234. The standard InChI is InChI=1S/C17H31N5O8/c1-7(2)13(16(28)20-9(17(29)30)4-5-11(18)25)22-14(26)10(6-23)21-15(27)12(19)8(3)24/h7-10,12-13,23-24H,4-6,19H2,1-3H3,(H2,18,25)(H,20,28)(H,21,27)(H,22,26)(H,29,30). The smallest absolute Gasteiger partial charge is 0.326 e. The van der Waals surface area contributed by atoms with Crippen LogP contribution < -0.4 is 27.4 Å². The lowest BCUT2D eigenvalue weighted by molar-refractivity contribution is -0.143. The number of rotatable bonds is 13. The lowest BCUT2D eigenvalue weighted by Gasteiger charge is -2.26. The molecule has 0 aliphatic heterocycles. The highest BCUT2D eigenvalue weighted by atomic mass is 16.4. The van der Waals surface area contributed by atoms with Crippen LogP contribution in [0, 0.1) is 5.92 Å². The van der Waals surface area contributed by atoms with E-state index in [2.05, 4.69) is 16.0 Å². The third kappa shape index (κ3) is 9.15. The van der Waals surface area contributed by atoms with Gasteiger partial charge in [-0.15, -0.1) is 0 Å². The molecule has 13 nitrogen and oxygen atoms in total. The van der Waals surface area contributed by atoms with E-state index in [0.29, 0.717) is 0 Å². The number of aliphatic carboxylic acids is 1. The van der Waals surface area contributed by atoms with Crippen LogP contribution in [0.3, 0.4) is 0 Å². The van der Waals surface area contributed by atoms with Gasteiger partial charge >= 0.3 is 5.97 Å². The number of primary amides is 1. The van der Waals surface area contributed by atoms with Gasteiger partial charge in [-0.1, -0.05) is 13.8 Å². The molecule has 10 N–H and O–H groups in total. The van der Waals surface area contributed by atoms with Crippen molar-refractivity contribution >= 4 is 29.6 Å². The molecule has 4 amide bonds. The quantitative estimate of drug-likeness (QED) is 0.142. The van der Waals surface area contributed by atoms with Crippen molar-refractivity contribution in [2.45, 2.75) is 63.9 Å². The van der Waals surface area contributed by atoms with Crippen molar-refractivity contribution in [1.29, 1.82) is 0 Å². The Bertz CT molecular complexity index is 640. The van der Waals surface area contributed by atoms with E-state index in [1.54, 1.807) is 13.8 Å². The molecule has 172 valence electrons. The van der Waals surface area contributed by atoms with Crippen LogP contribution in [0.2, 0.25) is 0 Å². The largest absolute Gasteiger partial charge is 0.480 e. The predicted molar refractivity (Wildman–Crippen MR) is 103 cm³/mol. The molecule has 0 aliphatic rings. The number of nitrogens with two attached hydrogens (primary N) is 2. The van der Waals surface area contributed by atoms with Crippen molar-refractivity contribution in [3.63, 3.8) is 0 Å². The molecule has 0 spiro atoms. The summed E-state index contributed by atoms with van der Waals surface area (Å²) < 4.78 is 0. The monoisotopic (exact) mass is 433 g/mol. The van der Waals surface area contributed by atoms with Crippen molar-refractivity contribution in [3.8, 4) is 0 Å². The molecule has 0 fully saturated rings. The molecule has 0 rings (SSSR count). The summed E-state index contributed by atoms with van der Waals surface area (Å²) in [6.07, 6.45) is -1.70. The molecule has 0 saturated heterocycles. The van der Waals surface area contributed by atoms with E-state index in [1.165, 1.54) is 6.92 Å². The van der Waals surface area contributed by atoms with Gasteiger partial charge in [0.1, 0.15) is 24.2 Å². The van der Waals surface area contributed by atoms with Gasteiger partial charge in [0.05, 0.1) is 12.7 Å². The molecular formula is C17H31N5O8. The van der Waals surface area contributed by atoms with Crippen LogP contribution in [-0.4, -0.2) is 81.8 Å². The number of hydrogen-bond donors (Lipinski definition) is 8. The molecule has 0 aromatic carbocycles. The molecule has 0 aliphatic carbocycles. The normalized spacial score (nSPS) is 16.0. The van der Waals surface area contributed by atoms with Crippen LogP contribution in [-0.2, 0) is 24.0 Å². The van der Waals surface area contributed by atoms with Gasteiger partial charge in [-0.25, -0.2) is 4.79 Å². The molecule has 0 aromatic rings. The van der Waals surface area contributed by atoms with E-state index in [1.807, 2.05) is 0 Å². The summed E-state index contributed by atoms with van der Waals surface area (Å²) in [7, 11) is 0. The number of carbonyl (C=O) groups excluding carboxylic acids is 4. The van der Waals surface area contributed by atoms with Gasteiger partial charge in [0.25, 0.3) is 0 Å². The second kappa shape index (κ2) is 12.7. The number of amides is 4. The zero-order valence-corrected chi connectivity index (χ0v) is 17.1. The second-order valence-corrected chi connectivity index (χ2v) is 7.14. The summed E-state index contributed by atoms with van der Waals surface area (Å²) in [6.45, 7) is 3.63. The predicted octanol–water partition coefficient (Wildman–Crippen LogP) is -3.85. The number of carboxylic acid groups (broad SMARTS) is 1. The van der Waals surface area contributed by atoms with Crippen LogP contribution in [0.5, 0.6) is 0 Å². The fraction of sp³-hybridized carbons (Fsp3) is 0.706. The van der Waals surface area contributed by atoms with E-state index < -0.39 is 72.4 Å². The minimum Gasteiger partial charge on any atom is -0.480 e. The Kier molecular flexibility index (Phi) is 11.5. The van der Waals surface area contributed by atoms with Crippen molar-refractivity contribution in [1.82, 2.24) is 16.0 Å². The number of hydrogen-bond acceptors (Lipinski definition) is 8. The van der Waals surface area contributed by atoms with Crippen LogP contribution in [0.25, 0.3) is 0 Å². The zero-order valence-electron chi connectivity index (χ0n) is 17.1. The Hall–Kier alpha value is -2.77. The Morgan fingerprint density at radius 1 is 0.900 bits per heavy atom. The first kappa shape index (κ1) is 27.2. The molecular weight excluding hydrogens is 402 g/mol. The first-order valence-corrected chi connectivity index (χ1v) is 9.28. The van der Waals surface area contributed by atoms with Crippen LogP contribution in [0.4, 0.5) is 0 Å². The zero-order chi connectivity index (χ0) is 23.6. The number of carboxylic acids is 1. The molecule has 0 radical (unpaired) electrons. The summed E-state index contributed by atoms with van der Waals surface area (Å²) in [5.74, 6) is -5.25. The Balaban J connectivity index is 5.20. The molecule has 5 atom stereocenters. The number of carbonyl (C=O) groups is 5. The summed E-state index contributed by atoms with van der Waals surface area (Å²) in [6, 6.07) is -5.40. The van der Waals surface area contributed by atoms with Crippen LogP contribution in [0.1, 0.15) is 33.6 Å². The highest BCUT2D eigenvalue weighted by Crippen LogP contribution is 2.06. The summed E-state index contributed by atoms with van der Waals surface area (Å²) in [5.41, 5.74) is 10.5. The van der Waals surface area contributed by atoms with Gasteiger partial charge in [0.15, 0.2) is 0 Å². The molecule has 0 bridgehead atoms. The van der Waals surface area contributed by atoms with Gasteiger partial charge in [-0.3, -0.25) is 19.2 Å². The summed E-state index contributed by atoms with van der Waals surface area (Å²) >= 11 is 0. The van der Waals surface area contributed by atoms with Gasteiger partial charge < -0.3 is 42.7 Å². The van der Waals surface area contributed by atoms with Gasteiger partial charge in [0.2, 0.25) is 23.6 Å². The molecule has 0 saturated carbocycles. The molecule has 13 heteroatoms. The molecule has 5 unspecified atom stereocenters. The fourth-order valence-electron chi connectivity index (χ4n) is 2.28. The Morgan fingerprint density at radius 2 is 1.43 bits per heavy atom. The second-order valence-electron chi connectivity index (χ2n) is 7.14. The maximum atomic E-state index is 12.5. The SMILES string of the molecule is CC(C)C(NC(=O)C(CO)NC(=O)C(N)C(C)O)C(=O)NC(CCC(N)=O)C(=O)O.